The quantitative estimate of drug-likeness (QED) is 0.427. The minimum Gasteiger partial charge on any atom is -0.459 e. The Morgan fingerprint density at radius 1 is 1.42 bits per heavy atom. The first-order valence-electron chi connectivity index (χ1n) is 8.23. The molecule has 4 rings (SSSR count). The Balaban J connectivity index is 1.86. The molecule has 4 aliphatic rings. The molecule has 4 bridgehead atoms. The number of ether oxygens (including phenoxy) is 4. The fraction of sp³-hybridized carbons (Fsp3) is 0.765. The molecule has 4 fully saturated rings. The average Bonchev–Trinajstić information content (AvgIpc) is 2.75. The van der Waals surface area contributed by atoms with E-state index in [0.29, 0.717) is 12.8 Å². The van der Waals surface area contributed by atoms with Crippen molar-refractivity contribution in [1.82, 2.24) is 0 Å². The summed E-state index contributed by atoms with van der Waals surface area (Å²) in [5.74, 6) is -0.738. The van der Waals surface area contributed by atoms with Crippen LogP contribution in [0.25, 0.3) is 0 Å². The van der Waals surface area contributed by atoms with Crippen molar-refractivity contribution in [2.75, 3.05) is 5.88 Å². The van der Waals surface area contributed by atoms with Gasteiger partial charge in [0.05, 0.1) is 11.8 Å². The molecular formula is C17H23ClO6. The minimum absolute atomic E-state index is 0.0163. The number of carbonyl (C=O) groups excluding carboxylic acids is 2. The van der Waals surface area contributed by atoms with E-state index in [4.69, 9.17) is 30.5 Å². The second-order valence-corrected chi connectivity index (χ2v) is 7.44. The van der Waals surface area contributed by atoms with Gasteiger partial charge in [0.25, 0.3) is 0 Å². The summed E-state index contributed by atoms with van der Waals surface area (Å²) in [6, 6.07) is 0. The van der Waals surface area contributed by atoms with Crippen LogP contribution in [0.1, 0.15) is 33.6 Å². The lowest BCUT2D eigenvalue weighted by Crippen LogP contribution is -2.64. The average molecular weight is 359 g/mol. The van der Waals surface area contributed by atoms with E-state index in [1.807, 2.05) is 13.8 Å². The van der Waals surface area contributed by atoms with Crippen LogP contribution in [-0.2, 0) is 28.5 Å². The van der Waals surface area contributed by atoms with Crippen LogP contribution in [0.2, 0.25) is 0 Å². The summed E-state index contributed by atoms with van der Waals surface area (Å²) in [5.41, 5.74) is -0.128. The van der Waals surface area contributed by atoms with E-state index in [-0.39, 0.29) is 29.6 Å². The number of carbonyl (C=O) groups is 2. The largest absolute Gasteiger partial charge is 0.459 e. The van der Waals surface area contributed by atoms with Gasteiger partial charge in [0.1, 0.15) is 11.7 Å². The zero-order valence-electron chi connectivity index (χ0n) is 14.1. The molecule has 134 valence electrons. The van der Waals surface area contributed by atoms with Gasteiger partial charge in [-0.3, -0.25) is 9.59 Å². The van der Waals surface area contributed by atoms with Crippen molar-refractivity contribution < 1.29 is 28.5 Å². The second-order valence-electron chi connectivity index (χ2n) is 7.17. The number of rotatable bonds is 5. The Labute approximate surface area is 146 Å². The Hall–Kier alpha value is -1.11. The van der Waals surface area contributed by atoms with E-state index < -0.39 is 30.3 Å². The molecule has 0 aromatic carbocycles. The Bertz CT molecular complexity index is 561. The maximum absolute atomic E-state index is 12.1. The lowest BCUT2D eigenvalue weighted by atomic mass is 9.77. The molecule has 0 amide bonds. The molecule has 6 unspecified atom stereocenters. The summed E-state index contributed by atoms with van der Waals surface area (Å²) in [4.78, 5) is 23.5. The molecule has 6 atom stereocenters. The topological polar surface area (TPSA) is 71.1 Å². The molecule has 3 saturated heterocycles. The minimum atomic E-state index is -0.912. The van der Waals surface area contributed by atoms with E-state index in [2.05, 4.69) is 6.58 Å². The molecule has 1 aliphatic carbocycles. The molecule has 0 aromatic rings. The highest BCUT2D eigenvalue weighted by Gasteiger charge is 2.70. The van der Waals surface area contributed by atoms with Gasteiger partial charge in [-0.05, 0) is 23.8 Å². The van der Waals surface area contributed by atoms with Crippen LogP contribution in [-0.4, -0.2) is 42.1 Å². The number of alkyl halides is 1. The van der Waals surface area contributed by atoms with Gasteiger partial charge in [-0.1, -0.05) is 20.4 Å². The van der Waals surface area contributed by atoms with Crippen molar-refractivity contribution >= 4 is 23.5 Å². The first kappa shape index (κ1) is 17.7. The summed E-state index contributed by atoms with van der Waals surface area (Å²) >= 11 is 6.23. The standard InChI is InChI=1S/C17H23ClO6/c1-8(2)5-13(20)22-16-14-11-6-12(21-10(4)19)17(14,7-18)24-15(23-16)9(11)3/h8,11-12,14-16H,3,5-7H2,1-2,4H3. The zero-order valence-corrected chi connectivity index (χ0v) is 14.9. The molecule has 1 saturated carbocycles. The van der Waals surface area contributed by atoms with Crippen LogP contribution in [0.3, 0.4) is 0 Å². The monoisotopic (exact) mass is 358 g/mol. The van der Waals surface area contributed by atoms with Crippen LogP contribution in [0, 0.1) is 17.8 Å². The molecule has 24 heavy (non-hydrogen) atoms. The highest BCUT2D eigenvalue weighted by Crippen LogP contribution is 2.59. The van der Waals surface area contributed by atoms with E-state index in [1.54, 1.807) is 0 Å². The third-order valence-corrected chi connectivity index (χ3v) is 5.42. The Morgan fingerprint density at radius 3 is 2.71 bits per heavy atom. The Morgan fingerprint density at radius 2 is 2.12 bits per heavy atom. The number of hydrogen-bond donors (Lipinski definition) is 0. The predicted octanol–water partition coefficient (Wildman–Crippen LogP) is 2.39. The fourth-order valence-corrected chi connectivity index (χ4v) is 4.44. The molecule has 0 N–H and O–H groups in total. The van der Waals surface area contributed by atoms with Crippen LogP contribution >= 0.6 is 11.6 Å². The van der Waals surface area contributed by atoms with Gasteiger partial charge in [-0.15, -0.1) is 11.6 Å². The third-order valence-electron chi connectivity index (χ3n) is 5.01. The smallest absolute Gasteiger partial charge is 0.308 e. The lowest BCUT2D eigenvalue weighted by Gasteiger charge is -2.53. The van der Waals surface area contributed by atoms with Gasteiger partial charge in [0, 0.05) is 13.3 Å². The van der Waals surface area contributed by atoms with Gasteiger partial charge in [0.15, 0.2) is 6.29 Å². The molecule has 0 spiro atoms. The number of fused-ring (bicyclic) bond motifs is 1. The van der Waals surface area contributed by atoms with Gasteiger partial charge < -0.3 is 18.9 Å². The van der Waals surface area contributed by atoms with Crippen molar-refractivity contribution in [3.63, 3.8) is 0 Å². The van der Waals surface area contributed by atoms with Crippen molar-refractivity contribution in [3.8, 4) is 0 Å². The van der Waals surface area contributed by atoms with Crippen molar-refractivity contribution in [1.29, 1.82) is 0 Å². The van der Waals surface area contributed by atoms with E-state index >= 15 is 0 Å². The SMILES string of the molecule is C=C1C2OC(OC(=O)CC(C)C)C3C1CC(OC(C)=O)C3(CCl)O2. The van der Waals surface area contributed by atoms with Crippen LogP contribution in [0.15, 0.2) is 12.2 Å². The second kappa shape index (κ2) is 6.32. The van der Waals surface area contributed by atoms with Gasteiger partial charge in [-0.2, -0.15) is 0 Å². The third kappa shape index (κ3) is 2.74. The summed E-state index contributed by atoms with van der Waals surface area (Å²) < 4.78 is 22.8. The summed E-state index contributed by atoms with van der Waals surface area (Å²) in [5, 5.41) is 0. The lowest BCUT2D eigenvalue weighted by molar-refractivity contribution is -0.364. The van der Waals surface area contributed by atoms with Crippen molar-refractivity contribution in [2.24, 2.45) is 17.8 Å². The first-order chi connectivity index (χ1) is 11.3. The number of esters is 2. The normalized spacial score (nSPS) is 40.0. The number of halogens is 1. The van der Waals surface area contributed by atoms with Crippen molar-refractivity contribution in [2.45, 2.75) is 57.9 Å². The predicted molar refractivity (Wildman–Crippen MR) is 85.0 cm³/mol. The Kier molecular flexibility index (Phi) is 4.66. The van der Waals surface area contributed by atoms with Gasteiger partial charge in [0.2, 0.25) is 6.29 Å². The summed E-state index contributed by atoms with van der Waals surface area (Å²) in [6.45, 7) is 9.29. The zero-order chi connectivity index (χ0) is 17.6. The van der Waals surface area contributed by atoms with E-state index in [0.717, 1.165) is 5.57 Å². The van der Waals surface area contributed by atoms with Gasteiger partial charge >= 0.3 is 11.9 Å². The molecule has 0 radical (unpaired) electrons. The highest BCUT2D eigenvalue weighted by molar-refractivity contribution is 6.18. The van der Waals surface area contributed by atoms with Crippen LogP contribution < -0.4 is 0 Å². The van der Waals surface area contributed by atoms with Gasteiger partial charge in [-0.25, -0.2) is 0 Å². The fourth-order valence-electron chi connectivity index (χ4n) is 4.03. The maximum atomic E-state index is 12.1. The van der Waals surface area contributed by atoms with Crippen molar-refractivity contribution in [3.05, 3.63) is 12.2 Å². The molecule has 3 aliphatic heterocycles. The van der Waals surface area contributed by atoms with E-state index in [9.17, 15) is 9.59 Å². The molecule has 7 heteroatoms. The molecule has 3 heterocycles. The van der Waals surface area contributed by atoms with Crippen LogP contribution in [0.4, 0.5) is 0 Å². The molecule has 6 nitrogen and oxygen atoms in total. The summed E-state index contributed by atoms with van der Waals surface area (Å²) in [6.07, 6.45) is -1.10. The number of hydrogen-bond acceptors (Lipinski definition) is 6. The summed E-state index contributed by atoms with van der Waals surface area (Å²) in [7, 11) is 0. The van der Waals surface area contributed by atoms with E-state index in [1.165, 1.54) is 6.92 Å². The molecular weight excluding hydrogens is 336 g/mol. The van der Waals surface area contributed by atoms with Crippen LogP contribution in [0.5, 0.6) is 0 Å². The highest BCUT2D eigenvalue weighted by atomic mass is 35.5. The molecule has 0 aromatic heterocycles. The maximum Gasteiger partial charge on any atom is 0.308 e. The first-order valence-corrected chi connectivity index (χ1v) is 8.76.